The summed E-state index contributed by atoms with van der Waals surface area (Å²) in [6, 6.07) is 7.67. The number of ether oxygens (including phenoxy) is 2. The molecule has 1 aliphatic rings. The molecule has 0 aromatic heterocycles. The van der Waals surface area contributed by atoms with Crippen LogP contribution in [0.2, 0.25) is 5.02 Å². The number of hydrogen-bond acceptors (Lipinski definition) is 2. The van der Waals surface area contributed by atoms with Crippen molar-refractivity contribution in [2.45, 2.75) is 32.5 Å². The Hall–Kier alpha value is -0.280. The molecule has 0 bridgehead atoms. The van der Waals surface area contributed by atoms with E-state index in [1.54, 1.807) is 0 Å². The van der Waals surface area contributed by atoms with Crippen molar-refractivity contribution in [2.75, 3.05) is 19.1 Å². The monoisotopic (exact) mass is 302 g/mol. The quantitative estimate of drug-likeness (QED) is 0.758. The predicted octanol–water partition coefficient (Wildman–Crippen LogP) is 4.58. The molecule has 1 fully saturated rings. The van der Waals surface area contributed by atoms with Crippen LogP contribution in [0.15, 0.2) is 24.3 Å². The highest BCUT2D eigenvalue weighted by atomic mass is 35.5. The van der Waals surface area contributed by atoms with Crippen molar-refractivity contribution in [3.63, 3.8) is 0 Å². The van der Waals surface area contributed by atoms with Crippen LogP contribution in [-0.4, -0.2) is 19.1 Å². The molecule has 2 rings (SSSR count). The largest absolute Gasteiger partial charge is 0.345 e. The number of halogens is 2. The topological polar surface area (TPSA) is 18.5 Å². The molecule has 106 valence electrons. The number of rotatable bonds is 4. The first-order chi connectivity index (χ1) is 8.97. The minimum Gasteiger partial charge on any atom is -0.345 e. The van der Waals surface area contributed by atoms with Crippen molar-refractivity contribution in [2.24, 2.45) is 5.41 Å². The van der Waals surface area contributed by atoms with Crippen LogP contribution in [0, 0.1) is 5.41 Å². The first kappa shape index (κ1) is 15.1. The van der Waals surface area contributed by atoms with Gasteiger partial charge in [-0.3, -0.25) is 0 Å². The van der Waals surface area contributed by atoms with E-state index in [1.807, 2.05) is 24.3 Å². The molecule has 1 heterocycles. The fourth-order valence-electron chi connectivity index (χ4n) is 2.17. The van der Waals surface area contributed by atoms with Gasteiger partial charge in [-0.05, 0) is 18.6 Å². The van der Waals surface area contributed by atoms with Crippen molar-refractivity contribution < 1.29 is 9.47 Å². The Kier molecular flexibility index (Phi) is 4.78. The zero-order valence-electron chi connectivity index (χ0n) is 11.4. The average molecular weight is 303 g/mol. The summed E-state index contributed by atoms with van der Waals surface area (Å²) in [6.45, 7) is 5.64. The lowest BCUT2D eigenvalue weighted by molar-refractivity contribution is -0.311. The Morgan fingerprint density at radius 1 is 1.11 bits per heavy atom. The molecule has 0 amide bonds. The fourth-order valence-corrected chi connectivity index (χ4v) is 2.43. The molecule has 0 unspecified atom stereocenters. The molecule has 0 atom stereocenters. The summed E-state index contributed by atoms with van der Waals surface area (Å²) in [5.41, 5.74) is 1.06. The smallest absolute Gasteiger partial charge is 0.194 e. The highest BCUT2D eigenvalue weighted by Gasteiger charge is 2.41. The fraction of sp³-hybridized carbons (Fsp3) is 0.600. The minimum atomic E-state index is -0.672. The molecule has 0 radical (unpaired) electrons. The van der Waals surface area contributed by atoms with Crippen LogP contribution in [-0.2, 0) is 15.3 Å². The Balaban J connectivity index is 2.23. The summed E-state index contributed by atoms with van der Waals surface area (Å²) in [7, 11) is 0. The summed E-state index contributed by atoms with van der Waals surface area (Å²) in [4.78, 5) is 0. The molecule has 0 aliphatic carbocycles. The zero-order chi connectivity index (χ0) is 13.9. The van der Waals surface area contributed by atoms with Crippen LogP contribution in [0.25, 0.3) is 0 Å². The van der Waals surface area contributed by atoms with Crippen LogP contribution in [0.1, 0.15) is 32.3 Å². The van der Waals surface area contributed by atoms with Crippen molar-refractivity contribution in [3.8, 4) is 0 Å². The second-order valence-electron chi connectivity index (χ2n) is 5.79. The van der Waals surface area contributed by atoms with Crippen LogP contribution in [0.4, 0.5) is 0 Å². The van der Waals surface area contributed by atoms with Crippen molar-refractivity contribution >= 4 is 23.2 Å². The minimum absolute atomic E-state index is 0.0525. The van der Waals surface area contributed by atoms with Gasteiger partial charge in [0, 0.05) is 28.3 Å². The predicted molar refractivity (Wildman–Crippen MR) is 78.8 cm³/mol. The van der Waals surface area contributed by atoms with Gasteiger partial charge < -0.3 is 9.47 Å². The molecule has 4 heteroatoms. The Labute approximate surface area is 125 Å². The van der Waals surface area contributed by atoms with Gasteiger partial charge in [-0.2, -0.15) is 0 Å². The summed E-state index contributed by atoms with van der Waals surface area (Å²) < 4.78 is 12.2. The highest BCUT2D eigenvalue weighted by molar-refractivity contribution is 6.30. The Morgan fingerprint density at radius 2 is 1.68 bits per heavy atom. The van der Waals surface area contributed by atoms with E-state index in [-0.39, 0.29) is 5.41 Å². The van der Waals surface area contributed by atoms with E-state index >= 15 is 0 Å². The number of alkyl halides is 1. The summed E-state index contributed by atoms with van der Waals surface area (Å²) >= 11 is 11.8. The summed E-state index contributed by atoms with van der Waals surface area (Å²) in [6.07, 6.45) is 1.61. The second-order valence-corrected chi connectivity index (χ2v) is 6.61. The molecule has 0 saturated carbocycles. The van der Waals surface area contributed by atoms with E-state index in [0.29, 0.717) is 24.1 Å². The maximum Gasteiger partial charge on any atom is 0.194 e. The van der Waals surface area contributed by atoms with Gasteiger partial charge >= 0.3 is 0 Å². The van der Waals surface area contributed by atoms with Gasteiger partial charge in [-0.1, -0.05) is 37.6 Å². The molecule has 1 saturated heterocycles. The first-order valence-corrected chi connectivity index (χ1v) is 7.49. The molecular weight excluding hydrogens is 283 g/mol. The zero-order valence-corrected chi connectivity index (χ0v) is 12.9. The van der Waals surface area contributed by atoms with E-state index < -0.39 is 5.79 Å². The first-order valence-electron chi connectivity index (χ1n) is 6.57. The van der Waals surface area contributed by atoms with Gasteiger partial charge in [0.05, 0.1) is 13.2 Å². The number of benzene rings is 1. The summed E-state index contributed by atoms with van der Waals surface area (Å²) in [5.74, 6) is -0.0690. The third kappa shape index (κ3) is 3.63. The normalized spacial score (nSPS) is 21.3. The second kappa shape index (κ2) is 6.01. The molecule has 0 spiro atoms. The molecule has 19 heavy (non-hydrogen) atoms. The van der Waals surface area contributed by atoms with Crippen LogP contribution < -0.4 is 0 Å². The maximum atomic E-state index is 6.08. The lowest BCUT2D eigenvalue weighted by atomic mass is 9.92. The third-order valence-electron chi connectivity index (χ3n) is 3.32. The lowest BCUT2D eigenvalue weighted by Gasteiger charge is -2.44. The van der Waals surface area contributed by atoms with E-state index in [9.17, 15) is 0 Å². The van der Waals surface area contributed by atoms with E-state index in [0.717, 1.165) is 18.4 Å². The molecule has 1 aromatic carbocycles. The maximum absolute atomic E-state index is 6.08. The van der Waals surface area contributed by atoms with Crippen molar-refractivity contribution in [1.29, 1.82) is 0 Å². The molecule has 1 aliphatic heterocycles. The van der Waals surface area contributed by atoms with Gasteiger partial charge in [0.15, 0.2) is 5.79 Å². The van der Waals surface area contributed by atoms with Crippen molar-refractivity contribution in [3.05, 3.63) is 34.9 Å². The van der Waals surface area contributed by atoms with Gasteiger partial charge in [0.1, 0.15) is 0 Å². The van der Waals surface area contributed by atoms with Crippen LogP contribution in [0.5, 0.6) is 0 Å². The number of hydrogen-bond donors (Lipinski definition) is 0. The van der Waals surface area contributed by atoms with Gasteiger partial charge in [-0.15, -0.1) is 11.6 Å². The van der Waals surface area contributed by atoms with Gasteiger partial charge in [0.25, 0.3) is 0 Å². The van der Waals surface area contributed by atoms with E-state index in [2.05, 4.69) is 13.8 Å². The molecule has 0 N–H and O–H groups in total. The lowest BCUT2D eigenvalue weighted by Crippen LogP contribution is -2.45. The van der Waals surface area contributed by atoms with Crippen LogP contribution in [0.3, 0.4) is 0 Å². The average Bonchev–Trinajstić information content (AvgIpc) is 2.39. The van der Waals surface area contributed by atoms with E-state index in [4.69, 9.17) is 32.7 Å². The highest BCUT2D eigenvalue weighted by Crippen LogP contribution is 2.40. The Morgan fingerprint density at radius 3 is 2.21 bits per heavy atom. The Bertz CT molecular complexity index is 405. The molecular formula is C15H20Cl2O2. The molecule has 1 aromatic rings. The van der Waals surface area contributed by atoms with E-state index in [1.165, 1.54) is 0 Å². The third-order valence-corrected chi connectivity index (χ3v) is 3.83. The summed E-state index contributed by atoms with van der Waals surface area (Å²) in [5, 5.41) is 0.715. The SMILES string of the molecule is CC1(C)COC(CCCCl)(c2ccc(Cl)cc2)OC1. The van der Waals surface area contributed by atoms with Gasteiger partial charge in [-0.25, -0.2) is 0 Å². The van der Waals surface area contributed by atoms with Crippen LogP contribution >= 0.6 is 23.2 Å². The van der Waals surface area contributed by atoms with Crippen molar-refractivity contribution in [1.82, 2.24) is 0 Å². The molecule has 2 nitrogen and oxygen atoms in total. The van der Waals surface area contributed by atoms with Gasteiger partial charge in [0.2, 0.25) is 0 Å². The standard InChI is InChI=1S/C15H20Cl2O2/c1-14(2)10-18-15(19-11-14,8-3-9-16)12-4-6-13(17)7-5-12/h4-7H,3,8-11H2,1-2H3.